The van der Waals surface area contributed by atoms with Crippen molar-refractivity contribution in [3.63, 3.8) is 0 Å². The van der Waals surface area contributed by atoms with Crippen molar-refractivity contribution in [1.29, 1.82) is 0 Å². The summed E-state index contributed by atoms with van der Waals surface area (Å²) >= 11 is 0. The maximum absolute atomic E-state index is 13.6. The molecule has 1 aliphatic carbocycles. The third kappa shape index (κ3) is 11.1. The number of amides is 2. The second kappa shape index (κ2) is 18.1. The first-order chi connectivity index (χ1) is 20.9. The molecule has 0 unspecified atom stereocenters. The number of ether oxygens (including phenoxy) is 1. The second-order valence-corrected chi connectivity index (χ2v) is 11.6. The number of hydrogen-bond acceptors (Lipinski definition) is 5. The Bertz CT molecular complexity index is 1160. The minimum Gasteiger partial charge on any atom is -0.463 e. The van der Waals surface area contributed by atoms with Crippen LogP contribution in [-0.2, 0) is 32.1 Å². The van der Waals surface area contributed by atoms with Gasteiger partial charge in [-0.1, -0.05) is 85.7 Å². The van der Waals surface area contributed by atoms with Crippen LogP contribution in [0, 0.1) is 11.8 Å². The zero-order chi connectivity index (χ0) is 30.9. The Kier molecular flexibility index (Phi) is 14.2. The van der Waals surface area contributed by atoms with Crippen LogP contribution in [0.2, 0.25) is 0 Å². The summed E-state index contributed by atoms with van der Waals surface area (Å²) in [7, 11) is 0. The molecule has 1 fully saturated rings. The number of nitrogens with zero attached hydrogens (tertiary/aromatic N) is 1. The fourth-order valence-electron chi connectivity index (χ4n) is 5.80. The van der Waals surface area contributed by atoms with Gasteiger partial charge in [0.25, 0.3) is 0 Å². The lowest BCUT2D eigenvalue weighted by molar-refractivity contribution is -0.152. The molecule has 43 heavy (non-hydrogen) atoms. The topological polar surface area (TPSA) is 95.9 Å². The lowest BCUT2D eigenvalue weighted by Crippen LogP contribution is -2.52. The van der Waals surface area contributed by atoms with Crippen molar-refractivity contribution < 1.29 is 24.2 Å². The molecule has 232 valence electrons. The predicted molar refractivity (Wildman–Crippen MR) is 170 cm³/mol. The highest BCUT2D eigenvalue weighted by Gasteiger charge is 2.39. The molecular formula is C36H48N2O5. The van der Waals surface area contributed by atoms with Gasteiger partial charge >= 0.3 is 5.97 Å². The van der Waals surface area contributed by atoms with Gasteiger partial charge in [0, 0.05) is 19.5 Å². The first kappa shape index (κ1) is 33.8. The van der Waals surface area contributed by atoms with Gasteiger partial charge in [-0.25, -0.2) is 0 Å². The van der Waals surface area contributed by atoms with Crippen LogP contribution < -0.4 is 5.32 Å². The normalized spacial score (nSPS) is 15.2. The number of benzene rings is 2. The molecule has 3 rings (SSSR count). The van der Waals surface area contributed by atoms with Gasteiger partial charge < -0.3 is 20.1 Å². The fourth-order valence-corrected chi connectivity index (χ4v) is 5.80. The van der Waals surface area contributed by atoms with Gasteiger partial charge in [0.2, 0.25) is 11.8 Å². The van der Waals surface area contributed by atoms with Crippen LogP contribution in [0.3, 0.4) is 0 Å². The highest BCUT2D eigenvalue weighted by Crippen LogP contribution is 2.31. The molecule has 2 aromatic carbocycles. The quantitative estimate of drug-likeness (QED) is 0.123. The van der Waals surface area contributed by atoms with Crippen LogP contribution in [0.5, 0.6) is 0 Å². The predicted octanol–water partition coefficient (Wildman–Crippen LogP) is 5.78. The van der Waals surface area contributed by atoms with Gasteiger partial charge in [-0.15, -0.1) is 13.2 Å². The molecule has 1 aliphatic rings. The molecule has 0 bridgehead atoms. The highest BCUT2D eigenvalue weighted by atomic mass is 16.5. The van der Waals surface area contributed by atoms with E-state index < -0.39 is 11.5 Å². The number of aliphatic hydroxyl groups excluding tert-OH is 1. The molecule has 0 heterocycles. The smallest absolute Gasteiger partial charge is 0.309 e. The maximum Gasteiger partial charge on any atom is 0.309 e. The van der Waals surface area contributed by atoms with Crippen LogP contribution in [-0.4, -0.2) is 53.1 Å². The van der Waals surface area contributed by atoms with Gasteiger partial charge in [-0.2, -0.15) is 0 Å². The number of unbranched alkanes of at least 4 members (excludes halogenated alkanes) is 1. The van der Waals surface area contributed by atoms with Crippen LogP contribution in [0.25, 0.3) is 0 Å². The van der Waals surface area contributed by atoms with E-state index in [1.54, 1.807) is 11.0 Å². The minimum atomic E-state index is -0.650. The van der Waals surface area contributed by atoms with Crippen molar-refractivity contribution in [3.05, 3.63) is 97.1 Å². The van der Waals surface area contributed by atoms with E-state index in [1.165, 1.54) is 0 Å². The largest absolute Gasteiger partial charge is 0.463 e. The van der Waals surface area contributed by atoms with Gasteiger partial charge in [0.15, 0.2) is 0 Å². The van der Waals surface area contributed by atoms with Gasteiger partial charge in [0.05, 0.1) is 24.0 Å². The van der Waals surface area contributed by atoms with E-state index >= 15 is 0 Å². The summed E-state index contributed by atoms with van der Waals surface area (Å²) in [5.74, 6) is -1.56. The lowest BCUT2D eigenvalue weighted by Gasteiger charge is -2.32. The molecule has 0 spiro atoms. The molecule has 2 atom stereocenters. The average molecular weight is 589 g/mol. The standard InChI is InChI=1S/C36H48N2O5/c1-3-5-8-20-32(25-29-16-9-6-10-17-29)35(42)43-28-36(21-13-14-22-36)37-34(41)31(15-4-2)26-33(40)38(23-24-39)27-30-18-11-7-12-19-30/h3-4,6-7,9-12,16-19,31-32,39H,1-2,5,8,13-15,20-28H2,(H,37,41)/t31-,32-/m1/s1. The van der Waals surface area contributed by atoms with Crippen molar-refractivity contribution in [2.24, 2.45) is 11.8 Å². The SMILES string of the molecule is C=CCCC[C@H](Cc1ccccc1)C(=O)OCC1(NC(=O)[C@H](CC=C)CC(=O)N(CCO)Cc2ccccc2)CCCC1. The molecule has 2 N–H and O–H groups in total. The summed E-state index contributed by atoms with van der Waals surface area (Å²) in [6, 6.07) is 19.5. The number of esters is 1. The van der Waals surface area contributed by atoms with Crippen LogP contribution >= 0.6 is 0 Å². The molecule has 0 aromatic heterocycles. The summed E-state index contributed by atoms with van der Waals surface area (Å²) in [6.07, 6.45) is 10.1. The summed E-state index contributed by atoms with van der Waals surface area (Å²) in [5, 5.41) is 12.8. The number of carbonyl (C=O) groups excluding carboxylic acids is 3. The lowest BCUT2D eigenvalue weighted by atomic mass is 9.93. The zero-order valence-corrected chi connectivity index (χ0v) is 25.4. The molecule has 0 saturated heterocycles. The summed E-state index contributed by atoms with van der Waals surface area (Å²) in [5.41, 5.74) is 1.39. The Hall–Kier alpha value is -3.71. The van der Waals surface area contributed by atoms with Crippen molar-refractivity contribution in [3.8, 4) is 0 Å². The van der Waals surface area contributed by atoms with Gasteiger partial charge in [0.1, 0.15) is 6.61 Å². The summed E-state index contributed by atoms with van der Waals surface area (Å²) < 4.78 is 5.95. The Morgan fingerprint density at radius 1 is 0.953 bits per heavy atom. The molecule has 0 radical (unpaired) electrons. The van der Waals surface area contributed by atoms with E-state index in [0.29, 0.717) is 38.6 Å². The maximum atomic E-state index is 13.6. The minimum absolute atomic E-state index is 0.00298. The average Bonchev–Trinajstić information content (AvgIpc) is 3.48. The number of allylic oxidation sites excluding steroid dienone is 2. The van der Waals surface area contributed by atoms with Crippen LogP contribution in [0.4, 0.5) is 0 Å². The molecule has 1 saturated carbocycles. The van der Waals surface area contributed by atoms with Crippen LogP contribution in [0.15, 0.2) is 86.0 Å². The summed E-state index contributed by atoms with van der Waals surface area (Å²) in [6.45, 7) is 8.11. The molecule has 7 heteroatoms. The molecular weight excluding hydrogens is 540 g/mol. The number of aliphatic hydroxyl groups is 1. The molecule has 2 amide bonds. The highest BCUT2D eigenvalue weighted by molar-refractivity contribution is 5.86. The van der Waals surface area contributed by atoms with E-state index in [0.717, 1.165) is 36.8 Å². The zero-order valence-electron chi connectivity index (χ0n) is 25.4. The van der Waals surface area contributed by atoms with E-state index in [2.05, 4.69) is 18.5 Å². The number of rotatable bonds is 19. The van der Waals surface area contributed by atoms with Crippen molar-refractivity contribution in [1.82, 2.24) is 10.2 Å². The van der Waals surface area contributed by atoms with Gasteiger partial charge in [-0.05, 0) is 56.1 Å². The number of hydrogen-bond donors (Lipinski definition) is 2. The Morgan fingerprint density at radius 2 is 1.60 bits per heavy atom. The fraction of sp³-hybridized carbons (Fsp3) is 0.472. The Balaban J connectivity index is 1.65. The van der Waals surface area contributed by atoms with E-state index in [9.17, 15) is 19.5 Å². The first-order valence-corrected chi connectivity index (χ1v) is 15.6. The van der Waals surface area contributed by atoms with E-state index in [-0.39, 0.29) is 49.9 Å². The van der Waals surface area contributed by atoms with E-state index in [1.807, 2.05) is 66.7 Å². The van der Waals surface area contributed by atoms with Gasteiger partial charge in [-0.3, -0.25) is 14.4 Å². The first-order valence-electron chi connectivity index (χ1n) is 15.6. The van der Waals surface area contributed by atoms with Crippen molar-refractivity contribution >= 4 is 17.8 Å². The summed E-state index contributed by atoms with van der Waals surface area (Å²) in [4.78, 5) is 41.9. The van der Waals surface area contributed by atoms with Crippen LogP contribution in [0.1, 0.15) is 68.9 Å². The monoisotopic (exact) mass is 588 g/mol. The Labute approximate surface area is 257 Å². The Morgan fingerprint density at radius 3 is 2.21 bits per heavy atom. The van der Waals surface area contributed by atoms with E-state index in [4.69, 9.17) is 4.74 Å². The third-order valence-electron chi connectivity index (χ3n) is 8.24. The molecule has 2 aromatic rings. The third-order valence-corrected chi connectivity index (χ3v) is 8.24. The number of carbonyl (C=O) groups is 3. The molecule has 0 aliphatic heterocycles. The molecule has 7 nitrogen and oxygen atoms in total. The number of nitrogens with one attached hydrogen (secondary N) is 1. The van der Waals surface area contributed by atoms with Crippen molar-refractivity contribution in [2.75, 3.05) is 19.8 Å². The van der Waals surface area contributed by atoms with Crippen molar-refractivity contribution in [2.45, 2.75) is 76.3 Å². The second-order valence-electron chi connectivity index (χ2n) is 11.6.